The van der Waals surface area contributed by atoms with Crippen molar-refractivity contribution in [2.45, 2.75) is 44.6 Å². The smallest absolute Gasteiger partial charge is 0.390 e. The van der Waals surface area contributed by atoms with E-state index >= 15 is 0 Å². The summed E-state index contributed by atoms with van der Waals surface area (Å²) < 4.78 is 67.9. The number of hydrogen-bond donors (Lipinski definition) is 1. The van der Waals surface area contributed by atoms with E-state index in [-0.39, 0.29) is 13.0 Å². The molecule has 0 radical (unpaired) electrons. The van der Waals surface area contributed by atoms with E-state index in [1.807, 2.05) is 0 Å². The second-order valence-electron chi connectivity index (χ2n) is 4.24. The Hall–Kier alpha value is -0.470. The lowest BCUT2D eigenvalue weighted by molar-refractivity contribution is -0.342. The van der Waals surface area contributed by atoms with Gasteiger partial charge in [0.05, 0.1) is 5.60 Å². The highest BCUT2D eigenvalue weighted by molar-refractivity contribution is 4.70. The normalized spacial score (nSPS) is 16.7. The van der Waals surface area contributed by atoms with Gasteiger partial charge in [0.2, 0.25) is 0 Å². The summed E-state index contributed by atoms with van der Waals surface area (Å²) in [5.74, 6) is -3.71. The van der Waals surface area contributed by atoms with Crippen LogP contribution in [0.2, 0.25) is 0 Å². The third-order valence-corrected chi connectivity index (χ3v) is 2.31. The summed E-state index contributed by atoms with van der Waals surface area (Å²) in [6.45, 7) is 0.110. The first-order valence-electron chi connectivity index (χ1n) is 5.36. The van der Waals surface area contributed by atoms with Crippen molar-refractivity contribution in [1.82, 2.24) is 0 Å². The Labute approximate surface area is 102 Å². The lowest BCUT2D eigenvalue weighted by atomic mass is 10.0. The van der Waals surface area contributed by atoms with Gasteiger partial charge in [-0.2, -0.15) is 0 Å². The second kappa shape index (κ2) is 6.63. The van der Waals surface area contributed by atoms with Gasteiger partial charge in [0, 0.05) is 6.61 Å². The average Bonchev–Trinajstić information content (AvgIpc) is 2.21. The Morgan fingerprint density at radius 1 is 1.06 bits per heavy atom. The average molecular weight is 280 g/mol. The number of hydrogen-bond acceptors (Lipinski definition) is 3. The molecule has 1 N–H and O–H groups in total. The highest BCUT2D eigenvalue weighted by Crippen LogP contribution is 2.22. The lowest BCUT2D eigenvalue weighted by Gasteiger charge is -2.22. The standard InChI is InChI=1S/C10H17F5O3/c1-3-8(2,16)4-5-17-6-9(11,12)7-18-10(13,14)15/h16H,3-7H2,1-2H3. The molecule has 0 heterocycles. The summed E-state index contributed by atoms with van der Waals surface area (Å²) in [6, 6.07) is 0. The number of rotatable bonds is 8. The van der Waals surface area contributed by atoms with E-state index in [4.69, 9.17) is 0 Å². The predicted molar refractivity (Wildman–Crippen MR) is 53.3 cm³/mol. The van der Waals surface area contributed by atoms with Crippen molar-refractivity contribution in [2.75, 3.05) is 19.8 Å². The highest BCUT2D eigenvalue weighted by Gasteiger charge is 2.38. The number of aliphatic hydroxyl groups is 1. The molecule has 0 rings (SSSR count). The zero-order valence-corrected chi connectivity index (χ0v) is 10.2. The molecule has 1 unspecified atom stereocenters. The fraction of sp³-hybridized carbons (Fsp3) is 1.00. The molecule has 0 saturated heterocycles. The van der Waals surface area contributed by atoms with E-state index in [0.717, 1.165) is 0 Å². The molecule has 0 bridgehead atoms. The van der Waals surface area contributed by atoms with E-state index in [1.54, 1.807) is 6.92 Å². The molecule has 8 heteroatoms. The minimum Gasteiger partial charge on any atom is -0.390 e. The monoisotopic (exact) mass is 280 g/mol. The zero-order valence-electron chi connectivity index (χ0n) is 10.2. The summed E-state index contributed by atoms with van der Waals surface area (Å²) >= 11 is 0. The molecule has 0 aromatic rings. The quantitative estimate of drug-likeness (QED) is 0.549. The number of alkyl halides is 5. The summed E-state index contributed by atoms with van der Waals surface area (Å²) in [6.07, 6.45) is -4.54. The SMILES string of the molecule is CCC(C)(O)CCOCC(F)(F)COC(F)(F)F. The topological polar surface area (TPSA) is 38.7 Å². The molecular formula is C10H17F5O3. The molecule has 0 aromatic carbocycles. The van der Waals surface area contributed by atoms with Gasteiger partial charge >= 0.3 is 6.36 Å². The van der Waals surface area contributed by atoms with E-state index < -0.39 is 31.1 Å². The van der Waals surface area contributed by atoms with Gasteiger partial charge in [-0.15, -0.1) is 13.2 Å². The third kappa shape index (κ3) is 9.55. The highest BCUT2D eigenvalue weighted by atomic mass is 19.4. The van der Waals surface area contributed by atoms with Crippen molar-refractivity contribution in [2.24, 2.45) is 0 Å². The molecule has 0 saturated carbocycles. The maximum atomic E-state index is 12.8. The van der Waals surface area contributed by atoms with Gasteiger partial charge in [0.15, 0.2) is 0 Å². The predicted octanol–water partition coefficient (Wildman–Crippen LogP) is 2.73. The molecule has 3 nitrogen and oxygen atoms in total. The molecule has 0 amide bonds. The molecule has 0 aliphatic carbocycles. The molecular weight excluding hydrogens is 263 g/mol. The molecule has 0 fully saturated rings. The molecule has 110 valence electrons. The van der Waals surface area contributed by atoms with E-state index in [0.29, 0.717) is 6.42 Å². The van der Waals surface area contributed by atoms with Crippen LogP contribution in [-0.4, -0.2) is 42.8 Å². The van der Waals surface area contributed by atoms with Gasteiger partial charge in [-0.25, -0.2) is 8.78 Å². The number of ether oxygens (including phenoxy) is 2. The van der Waals surface area contributed by atoms with Crippen molar-refractivity contribution in [3.8, 4) is 0 Å². The summed E-state index contributed by atoms with van der Waals surface area (Å²) in [5, 5.41) is 9.52. The van der Waals surface area contributed by atoms with Crippen LogP contribution in [0.4, 0.5) is 22.0 Å². The summed E-state index contributed by atoms with van der Waals surface area (Å²) in [7, 11) is 0. The van der Waals surface area contributed by atoms with Crippen molar-refractivity contribution >= 4 is 0 Å². The van der Waals surface area contributed by atoms with Crippen LogP contribution in [-0.2, 0) is 9.47 Å². The zero-order chi connectivity index (χ0) is 14.4. The molecule has 1 atom stereocenters. The van der Waals surface area contributed by atoms with Crippen LogP contribution in [0.25, 0.3) is 0 Å². The molecule has 0 aliphatic heterocycles. The van der Waals surface area contributed by atoms with E-state index in [1.165, 1.54) is 6.92 Å². The second-order valence-corrected chi connectivity index (χ2v) is 4.24. The summed E-state index contributed by atoms with van der Waals surface area (Å²) in [5.41, 5.74) is -1.03. The van der Waals surface area contributed by atoms with Crippen LogP contribution >= 0.6 is 0 Å². The third-order valence-electron chi connectivity index (χ3n) is 2.31. The first-order valence-corrected chi connectivity index (χ1v) is 5.36. The van der Waals surface area contributed by atoms with Gasteiger partial charge < -0.3 is 9.84 Å². The minimum atomic E-state index is -5.09. The Balaban J connectivity index is 3.84. The molecule has 0 aromatic heterocycles. The lowest BCUT2D eigenvalue weighted by Crippen LogP contribution is -2.34. The molecule has 0 aliphatic rings. The minimum absolute atomic E-state index is 0.125. The van der Waals surface area contributed by atoms with Crippen molar-refractivity contribution in [1.29, 1.82) is 0 Å². The Kier molecular flexibility index (Phi) is 6.45. The van der Waals surface area contributed by atoms with Crippen LogP contribution in [0.15, 0.2) is 0 Å². The van der Waals surface area contributed by atoms with Crippen molar-refractivity contribution < 1.29 is 36.5 Å². The Bertz CT molecular complexity index is 240. The first-order chi connectivity index (χ1) is 7.97. The maximum Gasteiger partial charge on any atom is 0.522 e. The van der Waals surface area contributed by atoms with Crippen LogP contribution in [0.3, 0.4) is 0 Å². The maximum absolute atomic E-state index is 12.8. The number of halogens is 5. The van der Waals surface area contributed by atoms with E-state index in [9.17, 15) is 27.1 Å². The van der Waals surface area contributed by atoms with E-state index in [2.05, 4.69) is 9.47 Å². The summed E-state index contributed by atoms with van der Waals surface area (Å²) in [4.78, 5) is 0. The Morgan fingerprint density at radius 2 is 1.61 bits per heavy atom. The van der Waals surface area contributed by atoms with Gasteiger partial charge in [0.25, 0.3) is 5.92 Å². The fourth-order valence-corrected chi connectivity index (χ4v) is 0.919. The largest absolute Gasteiger partial charge is 0.522 e. The van der Waals surface area contributed by atoms with Crippen LogP contribution in [0.5, 0.6) is 0 Å². The van der Waals surface area contributed by atoms with Crippen molar-refractivity contribution in [3.05, 3.63) is 0 Å². The van der Waals surface area contributed by atoms with Gasteiger partial charge in [0.1, 0.15) is 13.2 Å². The molecule has 0 spiro atoms. The first kappa shape index (κ1) is 17.5. The van der Waals surface area contributed by atoms with Crippen LogP contribution in [0, 0.1) is 0 Å². The van der Waals surface area contributed by atoms with Gasteiger partial charge in [-0.3, -0.25) is 4.74 Å². The molecule has 18 heavy (non-hydrogen) atoms. The van der Waals surface area contributed by atoms with Crippen molar-refractivity contribution in [3.63, 3.8) is 0 Å². The van der Waals surface area contributed by atoms with Crippen LogP contribution in [0.1, 0.15) is 26.7 Å². The van der Waals surface area contributed by atoms with Gasteiger partial charge in [-0.1, -0.05) is 6.92 Å². The Morgan fingerprint density at radius 3 is 2.06 bits per heavy atom. The van der Waals surface area contributed by atoms with Gasteiger partial charge in [-0.05, 0) is 19.8 Å². The van der Waals surface area contributed by atoms with Crippen LogP contribution < -0.4 is 0 Å². The fourth-order valence-electron chi connectivity index (χ4n) is 0.919.